The van der Waals surface area contributed by atoms with Gasteiger partial charge in [0.15, 0.2) is 0 Å². The minimum absolute atomic E-state index is 1.04. The highest BCUT2D eigenvalue weighted by Crippen LogP contribution is 2.29. The van der Waals surface area contributed by atoms with E-state index in [0.29, 0.717) is 0 Å². The Kier molecular flexibility index (Phi) is 6.08. The SMILES string of the molecule is CCN(CC)CCCn1c(-c2ccccc2)ccc1-c1ccccc1. The monoisotopic (exact) mass is 332 g/mol. The molecular weight excluding hydrogens is 304 g/mol. The molecule has 0 fully saturated rings. The van der Waals surface area contributed by atoms with Gasteiger partial charge in [-0.15, -0.1) is 0 Å². The summed E-state index contributed by atoms with van der Waals surface area (Å²) in [5, 5.41) is 0. The molecule has 1 heterocycles. The van der Waals surface area contributed by atoms with Gasteiger partial charge in [0, 0.05) is 17.9 Å². The van der Waals surface area contributed by atoms with Crippen LogP contribution in [0.1, 0.15) is 20.3 Å². The van der Waals surface area contributed by atoms with Crippen LogP contribution in [0.15, 0.2) is 72.8 Å². The van der Waals surface area contributed by atoms with Gasteiger partial charge in [-0.3, -0.25) is 0 Å². The van der Waals surface area contributed by atoms with Gasteiger partial charge < -0.3 is 9.47 Å². The van der Waals surface area contributed by atoms with Gasteiger partial charge in [0.05, 0.1) is 0 Å². The first-order valence-corrected chi connectivity index (χ1v) is 9.36. The van der Waals surface area contributed by atoms with E-state index in [0.717, 1.165) is 32.6 Å². The first-order chi connectivity index (χ1) is 12.3. The van der Waals surface area contributed by atoms with E-state index in [2.05, 4.69) is 96.1 Å². The van der Waals surface area contributed by atoms with Gasteiger partial charge >= 0.3 is 0 Å². The quantitative estimate of drug-likeness (QED) is 0.525. The van der Waals surface area contributed by atoms with Crippen molar-refractivity contribution in [3.05, 3.63) is 72.8 Å². The van der Waals surface area contributed by atoms with Gasteiger partial charge in [-0.1, -0.05) is 74.5 Å². The van der Waals surface area contributed by atoms with Crippen molar-refractivity contribution in [2.45, 2.75) is 26.8 Å². The third-order valence-electron chi connectivity index (χ3n) is 4.87. The van der Waals surface area contributed by atoms with Crippen molar-refractivity contribution in [2.24, 2.45) is 0 Å². The molecule has 0 N–H and O–H groups in total. The normalized spacial score (nSPS) is 11.2. The van der Waals surface area contributed by atoms with Crippen molar-refractivity contribution >= 4 is 0 Å². The summed E-state index contributed by atoms with van der Waals surface area (Å²) < 4.78 is 2.48. The lowest BCUT2D eigenvalue weighted by atomic mass is 10.1. The van der Waals surface area contributed by atoms with Crippen molar-refractivity contribution in [2.75, 3.05) is 19.6 Å². The first-order valence-electron chi connectivity index (χ1n) is 9.36. The second-order valence-electron chi connectivity index (χ2n) is 6.37. The Morgan fingerprint density at radius 1 is 0.680 bits per heavy atom. The molecule has 25 heavy (non-hydrogen) atoms. The zero-order chi connectivity index (χ0) is 17.5. The maximum atomic E-state index is 2.49. The molecule has 0 bridgehead atoms. The van der Waals surface area contributed by atoms with Gasteiger partial charge in [-0.05, 0) is 49.3 Å². The number of hydrogen-bond donors (Lipinski definition) is 0. The van der Waals surface area contributed by atoms with Crippen LogP contribution in [0.25, 0.3) is 22.5 Å². The molecule has 0 amide bonds. The summed E-state index contributed by atoms with van der Waals surface area (Å²) in [6.45, 7) is 8.91. The third-order valence-corrected chi connectivity index (χ3v) is 4.87. The molecule has 0 saturated carbocycles. The molecule has 2 heteroatoms. The van der Waals surface area contributed by atoms with Crippen LogP contribution in [0, 0.1) is 0 Å². The fourth-order valence-electron chi connectivity index (χ4n) is 3.42. The molecule has 3 aromatic rings. The molecule has 0 aliphatic heterocycles. The van der Waals surface area contributed by atoms with Crippen LogP contribution >= 0.6 is 0 Å². The van der Waals surface area contributed by atoms with E-state index in [9.17, 15) is 0 Å². The van der Waals surface area contributed by atoms with Crippen molar-refractivity contribution in [3.8, 4) is 22.5 Å². The topological polar surface area (TPSA) is 8.17 Å². The van der Waals surface area contributed by atoms with Gasteiger partial charge in [0.25, 0.3) is 0 Å². The lowest BCUT2D eigenvalue weighted by Crippen LogP contribution is -2.25. The zero-order valence-corrected chi connectivity index (χ0v) is 15.4. The first kappa shape index (κ1) is 17.5. The van der Waals surface area contributed by atoms with Crippen LogP contribution in [-0.4, -0.2) is 29.1 Å². The largest absolute Gasteiger partial charge is 0.340 e. The smallest absolute Gasteiger partial charge is 0.0485 e. The number of benzene rings is 2. The summed E-state index contributed by atoms with van der Waals surface area (Å²) in [5.74, 6) is 0. The summed E-state index contributed by atoms with van der Waals surface area (Å²) in [6.07, 6.45) is 1.16. The van der Waals surface area contributed by atoms with E-state index in [1.807, 2.05) is 0 Å². The number of hydrogen-bond acceptors (Lipinski definition) is 1. The van der Waals surface area contributed by atoms with Gasteiger partial charge in [0.1, 0.15) is 0 Å². The highest BCUT2D eigenvalue weighted by Gasteiger charge is 2.11. The predicted octanol–water partition coefficient (Wildman–Crippen LogP) is 5.55. The Morgan fingerprint density at radius 3 is 1.60 bits per heavy atom. The minimum atomic E-state index is 1.04. The Hall–Kier alpha value is -2.32. The van der Waals surface area contributed by atoms with E-state index in [1.165, 1.54) is 22.5 Å². The summed E-state index contributed by atoms with van der Waals surface area (Å²) in [5.41, 5.74) is 5.18. The molecule has 0 aliphatic carbocycles. The fraction of sp³-hybridized carbons (Fsp3) is 0.304. The maximum absolute atomic E-state index is 2.49. The molecule has 0 saturated heterocycles. The molecule has 2 aromatic carbocycles. The van der Waals surface area contributed by atoms with Crippen LogP contribution in [0.2, 0.25) is 0 Å². The van der Waals surface area contributed by atoms with Crippen LogP contribution in [0.3, 0.4) is 0 Å². The molecule has 0 aliphatic rings. The Balaban J connectivity index is 1.90. The highest BCUT2D eigenvalue weighted by atomic mass is 15.1. The molecule has 1 aromatic heterocycles. The molecular formula is C23H28N2. The Labute approximate surface area is 151 Å². The number of rotatable bonds is 8. The van der Waals surface area contributed by atoms with E-state index in [-0.39, 0.29) is 0 Å². The molecule has 0 spiro atoms. The van der Waals surface area contributed by atoms with E-state index >= 15 is 0 Å². The number of aromatic nitrogens is 1. The zero-order valence-electron chi connectivity index (χ0n) is 15.4. The summed E-state index contributed by atoms with van der Waals surface area (Å²) >= 11 is 0. The molecule has 0 unspecified atom stereocenters. The summed E-state index contributed by atoms with van der Waals surface area (Å²) in [7, 11) is 0. The Morgan fingerprint density at radius 2 is 1.16 bits per heavy atom. The molecule has 0 radical (unpaired) electrons. The fourth-order valence-corrected chi connectivity index (χ4v) is 3.42. The highest BCUT2D eigenvalue weighted by molar-refractivity contribution is 5.69. The second-order valence-corrected chi connectivity index (χ2v) is 6.37. The van der Waals surface area contributed by atoms with Crippen molar-refractivity contribution < 1.29 is 0 Å². The standard InChI is InChI=1S/C23H28N2/c1-3-24(4-2)18-11-19-25-22(20-12-7-5-8-13-20)16-17-23(25)21-14-9-6-10-15-21/h5-10,12-17H,3-4,11,18-19H2,1-2H3. The van der Waals surface area contributed by atoms with Crippen LogP contribution in [0.4, 0.5) is 0 Å². The van der Waals surface area contributed by atoms with E-state index in [4.69, 9.17) is 0 Å². The van der Waals surface area contributed by atoms with E-state index < -0.39 is 0 Å². The van der Waals surface area contributed by atoms with Crippen molar-refractivity contribution in [3.63, 3.8) is 0 Å². The minimum Gasteiger partial charge on any atom is -0.340 e. The van der Waals surface area contributed by atoms with Gasteiger partial charge in [-0.25, -0.2) is 0 Å². The molecule has 3 rings (SSSR count). The summed E-state index contributed by atoms with van der Waals surface area (Å²) in [6, 6.07) is 25.9. The predicted molar refractivity (Wildman–Crippen MR) is 108 cm³/mol. The molecule has 0 atom stereocenters. The lowest BCUT2D eigenvalue weighted by Gasteiger charge is -2.20. The van der Waals surface area contributed by atoms with Crippen LogP contribution in [0.5, 0.6) is 0 Å². The van der Waals surface area contributed by atoms with Crippen molar-refractivity contribution in [1.82, 2.24) is 9.47 Å². The second kappa shape index (κ2) is 8.68. The third kappa shape index (κ3) is 4.21. The average molecular weight is 332 g/mol. The maximum Gasteiger partial charge on any atom is 0.0485 e. The van der Waals surface area contributed by atoms with Crippen molar-refractivity contribution in [1.29, 1.82) is 0 Å². The number of nitrogens with zero attached hydrogens (tertiary/aromatic N) is 2. The lowest BCUT2D eigenvalue weighted by molar-refractivity contribution is 0.294. The average Bonchev–Trinajstić information content (AvgIpc) is 3.10. The molecule has 2 nitrogen and oxygen atoms in total. The molecule has 130 valence electrons. The Bertz CT molecular complexity index is 698. The van der Waals surface area contributed by atoms with Gasteiger partial charge in [-0.2, -0.15) is 0 Å². The van der Waals surface area contributed by atoms with Crippen LogP contribution < -0.4 is 0 Å². The van der Waals surface area contributed by atoms with Gasteiger partial charge in [0.2, 0.25) is 0 Å². The summed E-state index contributed by atoms with van der Waals surface area (Å²) in [4.78, 5) is 2.49. The van der Waals surface area contributed by atoms with Crippen LogP contribution in [-0.2, 0) is 6.54 Å². The van der Waals surface area contributed by atoms with E-state index in [1.54, 1.807) is 0 Å².